The Morgan fingerprint density at radius 1 is 1.17 bits per heavy atom. The standard InChI is InChI=1S/C18H19N3OS/c1-13(2)21-10-9-14(12-21)11-16-17(22)20(3)18(23-16)19-15-7-5-4-6-8-15/h4-13H,1-3H3/b16-11+,19-18?. The molecule has 2 heterocycles. The number of hydrogen-bond acceptors (Lipinski definition) is 3. The summed E-state index contributed by atoms with van der Waals surface area (Å²) < 4.78 is 2.12. The molecule has 0 radical (unpaired) electrons. The Hall–Kier alpha value is -2.27. The van der Waals surface area contributed by atoms with E-state index in [0.29, 0.717) is 16.1 Å². The SMILES string of the molecule is CC(C)n1ccc(/C=C2/SC(=Nc3ccccc3)N(C)C2=O)c1. The summed E-state index contributed by atoms with van der Waals surface area (Å²) in [6.45, 7) is 4.26. The second-order valence-electron chi connectivity index (χ2n) is 5.69. The van der Waals surface area contributed by atoms with E-state index in [4.69, 9.17) is 0 Å². The molecular formula is C18H19N3OS. The third kappa shape index (κ3) is 3.40. The van der Waals surface area contributed by atoms with Gasteiger partial charge in [-0.3, -0.25) is 9.69 Å². The predicted octanol–water partition coefficient (Wildman–Crippen LogP) is 4.30. The van der Waals surface area contributed by atoms with Crippen molar-refractivity contribution in [2.24, 2.45) is 4.99 Å². The maximum absolute atomic E-state index is 12.4. The zero-order valence-corrected chi connectivity index (χ0v) is 14.2. The van der Waals surface area contributed by atoms with Gasteiger partial charge in [-0.25, -0.2) is 4.99 Å². The van der Waals surface area contributed by atoms with E-state index in [-0.39, 0.29) is 5.91 Å². The average molecular weight is 325 g/mol. The van der Waals surface area contributed by atoms with E-state index in [0.717, 1.165) is 11.3 Å². The average Bonchev–Trinajstić information content (AvgIpc) is 3.10. The molecule has 1 amide bonds. The number of rotatable bonds is 3. The lowest BCUT2D eigenvalue weighted by atomic mass is 10.3. The number of benzene rings is 1. The molecular weight excluding hydrogens is 306 g/mol. The van der Waals surface area contributed by atoms with Crippen molar-refractivity contribution in [3.8, 4) is 0 Å². The zero-order chi connectivity index (χ0) is 16.4. The molecule has 0 unspecified atom stereocenters. The van der Waals surface area contributed by atoms with Gasteiger partial charge in [0.25, 0.3) is 5.91 Å². The minimum Gasteiger partial charge on any atom is -0.351 e. The van der Waals surface area contributed by atoms with Crippen molar-refractivity contribution in [3.05, 3.63) is 59.3 Å². The van der Waals surface area contributed by atoms with E-state index >= 15 is 0 Å². The van der Waals surface area contributed by atoms with Gasteiger partial charge in [0.05, 0.1) is 10.6 Å². The van der Waals surface area contributed by atoms with Crippen LogP contribution in [0.2, 0.25) is 0 Å². The van der Waals surface area contributed by atoms with Crippen molar-refractivity contribution >= 4 is 34.6 Å². The lowest BCUT2D eigenvalue weighted by Crippen LogP contribution is -2.23. The van der Waals surface area contributed by atoms with Gasteiger partial charge in [0, 0.05) is 25.5 Å². The van der Waals surface area contributed by atoms with Crippen LogP contribution in [0, 0.1) is 0 Å². The minimum atomic E-state index is -0.0121. The maximum Gasteiger partial charge on any atom is 0.266 e. The number of amides is 1. The van der Waals surface area contributed by atoms with Gasteiger partial charge < -0.3 is 4.57 Å². The fourth-order valence-electron chi connectivity index (χ4n) is 2.25. The van der Waals surface area contributed by atoms with Crippen molar-refractivity contribution in [2.45, 2.75) is 19.9 Å². The molecule has 118 valence electrons. The molecule has 2 aromatic rings. The topological polar surface area (TPSA) is 37.6 Å². The van der Waals surface area contributed by atoms with E-state index < -0.39 is 0 Å². The van der Waals surface area contributed by atoms with Gasteiger partial charge in [-0.2, -0.15) is 0 Å². The first kappa shape index (κ1) is 15.6. The Bertz CT molecular complexity index is 775. The van der Waals surface area contributed by atoms with Crippen LogP contribution >= 0.6 is 11.8 Å². The zero-order valence-electron chi connectivity index (χ0n) is 13.4. The highest BCUT2D eigenvalue weighted by Gasteiger charge is 2.30. The van der Waals surface area contributed by atoms with Gasteiger partial charge in [0.1, 0.15) is 0 Å². The Balaban J connectivity index is 1.86. The van der Waals surface area contributed by atoms with Crippen LogP contribution in [-0.2, 0) is 4.79 Å². The van der Waals surface area contributed by atoms with E-state index in [9.17, 15) is 4.79 Å². The number of para-hydroxylation sites is 1. The highest BCUT2D eigenvalue weighted by molar-refractivity contribution is 8.18. The predicted molar refractivity (Wildman–Crippen MR) is 96.7 cm³/mol. The molecule has 4 nitrogen and oxygen atoms in total. The molecule has 0 spiro atoms. The summed E-state index contributed by atoms with van der Waals surface area (Å²) in [4.78, 5) is 19.3. The molecule has 3 rings (SSSR count). The van der Waals surface area contributed by atoms with Crippen LogP contribution in [0.1, 0.15) is 25.5 Å². The number of likely N-dealkylation sites (N-methyl/N-ethyl adjacent to an activating group) is 1. The third-order valence-corrected chi connectivity index (χ3v) is 4.68. The number of hydrogen-bond donors (Lipinski definition) is 0. The van der Waals surface area contributed by atoms with Crippen LogP contribution in [0.15, 0.2) is 58.7 Å². The molecule has 0 N–H and O–H groups in total. The monoisotopic (exact) mass is 325 g/mol. The van der Waals surface area contributed by atoms with Gasteiger partial charge in [-0.05, 0) is 55.4 Å². The van der Waals surface area contributed by atoms with E-state index in [2.05, 4.69) is 29.6 Å². The summed E-state index contributed by atoms with van der Waals surface area (Å²) >= 11 is 1.41. The Morgan fingerprint density at radius 3 is 2.57 bits per heavy atom. The molecule has 23 heavy (non-hydrogen) atoms. The molecule has 1 aromatic heterocycles. The Morgan fingerprint density at radius 2 is 1.91 bits per heavy atom. The summed E-state index contributed by atoms with van der Waals surface area (Å²) in [5.74, 6) is -0.0121. The fraction of sp³-hybridized carbons (Fsp3) is 0.222. The number of aliphatic imine (C=N–C) groups is 1. The van der Waals surface area contributed by atoms with Crippen molar-refractivity contribution in [1.82, 2.24) is 9.47 Å². The quantitative estimate of drug-likeness (QED) is 0.789. The summed E-state index contributed by atoms with van der Waals surface area (Å²) in [5.41, 5.74) is 1.88. The number of thioether (sulfide) groups is 1. The highest BCUT2D eigenvalue weighted by Crippen LogP contribution is 2.33. The Kier molecular flexibility index (Phi) is 4.39. The smallest absolute Gasteiger partial charge is 0.266 e. The summed E-state index contributed by atoms with van der Waals surface area (Å²) in [6, 6.07) is 12.1. The van der Waals surface area contributed by atoms with Crippen LogP contribution in [-0.4, -0.2) is 27.6 Å². The molecule has 0 aliphatic carbocycles. The van der Waals surface area contributed by atoms with Crippen LogP contribution in [0.3, 0.4) is 0 Å². The second kappa shape index (κ2) is 6.46. The first-order valence-corrected chi connectivity index (χ1v) is 8.35. The van der Waals surface area contributed by atoms with Crippen molar-refractivity contribution in [1.29, 1.82) is 0 Å². The van der Waals surface area contributed by atoms with Crippen LogP contribution in [0.5, 0.6) is 0 Å². The molecule has 5 heteroatoms. The van der Waals surface area contributed by atoms with E-state index in [1.807, 2.05) is 48.7 Å². The summed E-state index contributed by atoms with van der Waals surface area (Å²) in [7, 11) is 1.76. The molecule has 1 aliphatic rings. The van der Waals surface area contributed by atoms with Gasteiger partial charge in [-0.1, -0.05) is 18.2 Å². The fourth-order valence-corrected chi connectivity index (χ4v) is 3.24. The number of carbonyl (C=O) groups excluding carboxylic acids is 1. The van der Waals surface area contributed by atoms with Crippen molar-refractivity contribution in [2.75, 3.05) is 7.05 Å². The highest BCUT2D eigenvalue weighted by atomic mass is 32.2. The molecule has 1 aromatic carbocycles. The van der Waals surface area contributed by atoms with Gasteiger partial charge in [-0.15, -0.1) is 0 Å². The van der Waals surface area contributed by atoms with Crippen molar-refractivity contribution < 1.29 is 4.79 Å². The minimum absolute atomic E-state index is 0.0121. The second-order valence-corrected chi connectivity index (χ2v) is 6.70. The lowest BCUT2D eigenvalue weighted by molar-refractivity contribution is -0.121. The van der Waals surface area contributed by atoms with Crippen LogP contribution in [0.4, 0.5) is 5.69 Å². The molecule has 1 saturated heterocycles. The van der Waals surface area contributed by atoms with E-state index in [1.54, 1.807) is 11.9 Å². The summed E-state index contributed by atoms with van der Waals surface area (Å²) in [6.07, 6.45) is 6.01. The molecule has 0 saturated carbocycles. The number of amidine groups is 1. The molecule has 1 fully saturated rings. The molecule has 0 bridgehead atoms. The summed E-state index contributed by atoms with van der Waals surface area (Å²) in [5, 5.41) is 0.704. The molecule has 0 atom stereocenters. The van der Waals surface area contributed by atoms with Crippen molar-refractivity contribution in [3.63, 3.8) is 0 Å². The first-order chi connectivity index (χ1) is 11.0. The van der Waals surface area contributed by atoms with Gasteiger partial charge >= 0.3 is 0 Å². The molecule has 1 aliphatic heterocycles. The van der Waals surface area contributed by atoms with Gasteiger partial charge in [0.15, 0.2) is 5.17 Å². The largest absolute Gasteiger partial charge is 0.351 e. The van der Waals surface area contributed by atoms with Crippen LogP contribution in [0.25, 0.3) is 6.08 Å². The van der Waals surface area contributed by atoms with E-state index in [1.165, 1.54) is 11.8 Å². The lowest BCUT2D eigenvalue weighted by Gasteiger charge is -2.06. The van der Waals surface area contributed by atoms with Crippen LogP contribution < -0.4 is 0 Å². The maximum atomic E-state index is 12.4. The number of carbonyl (C=O) groups is 1. The first-order valence-electron chi connectivity index (χ1n) is 7.53. The third-order valence-electron chi connectivity index (χ3n) is 3.62. The normalized spacial score (nSPS) is 18.6. The number of aromatic nitrogens is 1. The Labute approximate surface area is 140 Å². The number of nitrogens with zero attached hydrogens (tertiary/aromatic N) is 3. The van der Waals surface area contributed by atoms with Gasteiger partial charge in [0.2, 0.25) is 0 Å².